The number of sulfonamides is 1. The Morgan fingerprint density at radius 3 is 2.29 bits per heavy atom. The van der Waals surface area contributed by atoms with Crippen molar-refractivity contribution in [1.82, 2.24) is 4.31 Å². The van der Waals surface area contributed by atoms with Gasteiger partial charge in [0.1, 0.15) is 5.58 Å². The number of Topliss-reactive ketones (excluding diaryl/α,β-unsaturated/α-hetero) is 1. The molecule has 5 rings (SSSR count). The number of rotatable bonds is 8. The summed E-state index contributed by atoms with van der Waals surface area (Å²) in [5, 5.41) is 3.78. The number of hydrogen-bond acceptors (Lipinski definition) is 6. The maximum atomic E-state index is 13.3. The number of hydrogen-bond donors (Lipinski definition) is 1. The zero-order valence-electron chi connectivity index (χ0n) is 21.4. The van der Waals surface area contributed by atoms with Crippen LogP contribution in [0.2, 0.25) is 0 Å². The van der Waals surface area contributed by atoms with Crippen LogP contribution in [0.5, 0.6) is 0 Å². The van der Waals surface area contributed by atoms with E-state index in [1.165, 1.54) is 16.4 Å². The molecule has 1 aromatic heterocycles. The first-order valence-corrected chi connectivity index (χ1v) is 14.2. The SMILES string of the molecule is CC1CC(C)CN(S(=O)(=O)c2cccc(C(=O)CNc3c(C(=O)c4ccccc4)oc4ccccc34)c2)C1. The molecule has 2 atom stereocenters. The zero-order valence-corrected chi connectivity index (χ0v) is 22.2. The van der Waals surface area contributed by atoms with Gasteiger partial charge in [-0.15, -0.1) is 0 Å². The fraction of sp³-hybridized carbons (Fsp3) is 0.267. The molecular formula is C30H30N2O5S. The predicted octanol–water partition coefficient (Wildman–Crippen LogP) is 5.63. The van der Waals surface area contributed by atoms with Gasteiger partial charge in [-0.2, -0.15) is 4.31 Å². The van der Waals surface area contributed by atoms with Crippen LogP contribution in [-0.4, -0.2) is 43.9 Å². The van der Waals surface area contributed by atoms with E-state index in [1.807, 2.05) is 24.3 Å². The number of fused-ring (bicyclic) bond motifs is 1. The van der Waals surface area contributed by atoms with Crippen LogP contribution in [0.25, 0.3) is 11.0 Å². The largest absolute Gasteiger partial charge is 0.450 e. The molecule has 3 aromatic carbocycles. The number of carbonyl (C=O) groups excluding carboxylic acids is 2. The summed E-state index contributed by atoms with van der Waals surface area (Å²) in [4.78, 5) is 26.5. The van der Waals surface area contributed by atoms with Crippen LogP contribution in [0.1, 0.15) is 46.7 Å². The van der Waals surface area contributed by atoms with Gasteiger partial charge in [0.15, 0.2) is 11.5 Å². The van der Waals surface area contributed by atoms with Gasteiger partial charge >= 0.3 is 0 Å². The third-order valence-corrected chi connectivity index (χ3v) is 8.72. The van der Waals surface area contributed by atoms with Crippen LogP contribution in [-0.2, 0) is 10.0 Å². The van der Waals surface area contributed by atoms with Gasteiger partial charge in [-0.1, -0.05) is 68.4 Å². The topological polar surface area (TPSA) is 96.7 Å². The fourth-order valence-corrected chi connectivity index (χ4v) is 6.88. The Balaban J connectivity index is 1.39. The van der Waals surface area contributed by atoms with Crippen LogP contribution >= 0.6 is 0 Å². The van der Waals surface area contributed by atoms with Crippen molar-refractivity contribution in [1.29, 1.82) is 0 Å². The van der Waals surface area contributed by atoms with Gasteiger partial charge in [-0.05, 0) is 42.5 Å². The van der Waals surface area contributed by atoms with Gasteiger partial charge in [0, 0.05) is 29.6 Å². The lowest BCUT2D eigenvalue weighted by atomic mass is 9.94. The second kappa shape index (κ2) is 10.6. The Hall–Kier alpha value is -3.75. The van der Waals surface area contributed by atoms with Crippen molar-refractivity contribution >= 4 is 38.2 Å². The number of furan rings is 1. The predicted molar refractivity (Wildman–Crippen MR) is 147 cm³/mol. The summed E-state index contributed by atoms with van der Waals surface area (Å²) in [6.07, 6.45) is 0.994. The fourth-order valence-electron chi connectivity index (χ4n) is 5.15. The standard InChI is InChI=1S/C30H30N2O5S/c1-20-15-21(2)19-32(18-20)38(35,36)24-12-8-11-23(16-24)26(33)17-31-28-25-13-6-7-14-27(25)37-30(28)29(34)22-9-4-3-5-10-22/h3-14,16,20-21,31H,15,17-19H2,1-2H3. The number of benzene rings is 3. The lowest BCUT2D eigenvalue weighted by Crippen LogP contribution is -2.42. The van der Waals surface area contributed by atoms with E-state index in [1.54, 1.807) is 42.5 Å². The molecule has 0 bridgehead atoms. The molecule has 1 N–H and O–H groups in total. The summed E-state index contributed by atoms with van der Waals surface area (Å²) >= 11 is 0. The van der Waals surface area contributed by atoms with E-state index >= 15 is 0 Å². The lowest BCUT2D eigenvalue weighted by molar-refractivity contribution is 0.0997. The average Bonchev–Trinajstić information content (AvgIpc) is 3.30. The molecule has 0 amide bonds. The highest BCUT2D eigenvalue weighted by Gasteiger charge is 2.32. The molecule has 4 aromatic rings. The maximum absolute atomic E-state index is 13.3. The molecular weight excluding hydrogens is 500 g/mol. The van der Waals surface area contributed by atoms with Crippen LogP contribution in [0, 0.1) is 11.8 Å². The summed E-state index contributed by atoms with van der Waals surface area (Å²) < 4.78 is 34.1. The molecule has 1 fully saturated rings. The van der Waals surface area contributed by atoms with E-state index < -0.39 is 10.0 Å². The molecule has 2 heterocycles. The molecule has 38 heavy (non-hydrogen) atoms. The summed E-state index contributed by atoms with van der Waals surface area (Å²) in [6.45, 7) is 4.91. The molecule has 0 spiro atoms. The van der Waals surface area contributed by atoms with Crippen molar-refractivity contribution in [3.63, 3.8) is 0 Å². The number of para-hydroxylation sites is 1. The van der Waals surface area contributed by atoms with E-state index in [4.69, 9.17) is 4.42 Å². The Morgan fingerprint density at radius 1 is 0.895 bits per heavy atom. The quantitative estimate of drug-likeness (QED) is 0.297. The highest BCUT2D eigenvalue weighted by molar-refractivity contribution is 7.89. The number of carbonyl (C=O) groups is 2. The molecule has 0 saturated carbocycles. The molecule has 196 valence electrons. The molecule has 0 aliphatic carbocycles. The molecule has 1 aliphatic rings. The van der Waals surface area contributed by atoms with Gasteiger partial charge in [0.2, 0.25) is 15.8 Å². The minimum absolute atomic E-state index is 0.110. The minimum Gasteiger partial charge on any atom is -0.450 e. The van der Waals surface area contributed by atoms with Gasteiger partial charge in [0.05, 0.1) is 17.1 Å². The zero-order chi connectivity index (χ0) is 26.9. The number of anilines is 1. The molecule has 7 nitrogen and oxygen atoms in total. The molecule has 8 heteroatoms. The van der Waals surface area contributed by atoms with Gasteiger partial charge < -0.3 is 9.73 Å². The van der Waals surface area contributed by atoms with Crippen molar-refractivity contribution in [2.45, 2.75) is 25.2 Å². The van der Waals surface area contributed by atoms with E-state index in [0.29, 0.717) is 35.3 Å². The second-order valence-corrected chi connectivity index (χ2v) is 12.0. The van der Waals surface area contributed by atoms with Gasteiger partial charge in [-0.3, -0.25) is 9.59 Å². The van der Waals surface area contributed by atoms with Gasteiger partial charge in [-0.25, -0.2) is 8.42 Å². The van der Waals surface area contributed by atoms with Crippen molar-refractivity contribution in [2.24, 2.45) is 11.8 Å². The molecule has 0 radical (unpaired) electrons. The van der Waals surface area contributed by atoms with Crippen LogP contribution in [0.15, 0.2) is 88.2 Å². The first-order chi connectivity index (χ1) is 18.2. The van der Waals surface area contributed by atoms with Crippen LogP contribution < -0.4 is 5.32 Å². The third kappa shape index (κ3) is 5.14. The average molecular weight is 531 g/mol. The van der Waals surface area contributed by atoms with Crippen molar-refractivity contribution in [2.75, 3.05) is 25.0 Å². The number of nitrogens with one attached hydrogen (secondary N) is 1. The molecule has 1 aliphatic heterocycles. The number of nitrogens with zero attached hydrogens (tertiary/aromatic N) is 1. The monoisotopic (exact) mass is 530 g/mol. The minimum atomic E-state index is -3.72. The highest BCUT2D eigenvalue weighted by atomic mass is 32.2. The van der Waals surface area contributed by atoms with E-state index in [9.17, 15) is 18.0 Å². The van der Waals surface area contributed by atoms with Crippen molar-refractivity contribution in [3.8, 4) is 0 Å². The van der Waals surface area contributed by atoms with E-state index in [-0.39, 0.29) is 46.2 Å². The summed E-state index contributed by atoms with van der Waals surface area (Å²) in [5.74, 6) is 0.0794. The molecule has 1 saturated heterocycles. The van der Waals surface area contributed by atoms with E-state index in [0.717, 1.165) is 6.42 Å². The lowest BCUT2D eigenvalue weighted by Gasteiger charge is -2.34. The Kier molecular flexibility index (Phi) is 7.19. The summed E-state index contributed by atoms with van der Waals surface area (Å²) in [7, 11) is -3.72. The van der Waals surface area contributed by atoms with E-state index in [2.05, 4.69) is 19.2 Å². The Morgan fingerprint density at radius 2 is 1.55 bits per heavy atom. The summed E-state index contributed by atoms with van der Waals surface area (Å²) in [5.41, 5.74) is 1.71. The first-order valence-electron chi connectivity index (χ1n) is 12.7. The van der Waals surface area contributed by atoms with Gasteiger partial charge in [0.25, 0.3) is 0 Å². The highest BCUT2D eigenvalue weighted by Crippen LogP contribution is 2.33. The van der Waals surface area contributed by atoms with Crippen LogP contribution in [0.4, 0.5) is 5.69 Å². The molecule has 2 unspecified atom stereocenters. The Bertz CT molecular complexity index is 1580. The normalized spacial score (nSPS) is 18.4. The summed E-state index contributed by atoms with van der Waals surface area (Å²) in [6, 6.07) is 22.2. The van der Waals surface area contributed by atoms with Crippen molar-refractivity contribution < 1.29 is 22.4 Å². The van der Waals surface area contributed by atoms with Crippen molar-refractivity contribution in [3.05, 3.63) is 95.7 Å². The van der Waals surface area contributed by atoms with Crippen LogP contribution in [0.3, 0.4) is 0 Å². The number of piperidine rings is 1. The first kappa shape index (κ1) is 25.9. The Labute approximate surface area is 222 Å². The number of ketones is 2. The maximum Gasteiger partial charge on any atom is 0.243 e. The second-order valence-electron chi connectivity index (χ2n) is 10.1. The smallest absolute Gasteiger partial charge is 0.243 e. The third-order valence-electron chi connectivity index (χ3n) is 6.89.